The maximum Gasteiger partial charge on any atom is 0.328 e. The molecule has 0 aromatic carbocycles. The van der Waals surface area contributed by atoms with Crippen molar-refractivity contribution in [2.75, 3.05) is 18.0 Å². The standard InChI is InChI=1S/C13H14N2O2/c1-3-10-15(4-2)13-11(6-5-9-14-13)7-8-12(16)17/h1,5-9H,4,10H2,2H3,(H,16,17)/b8-7+. The van der Waals surface area contributed by atoms with Gasteiger partial charge >= 0.3 is 5.97 Å². The minimum absolute atomic E-state index is 0.446. The minimum Gasteiger partial charge on any atom is -0.478 e. The molecule has 1 N–H and O–H groups in total. The summed E-state index contributed by atoms with van der Waals surface area (Å²) in [5.41, 5.74) is 0.743. The van der Waals surface area contributed by atoms with Crippen molar-refractivity contribution in [3.05, 3.63) is 30.0 Å². The first kappa shape index (κ1) is 12.8. The van der Waals surface area contributed by atoms with Gasteiger partial charge in [-0.15, -0.1) is 6.42 Å². The Bertz CT molecular complexity index is 461. The van der Waals surface area contributed by atoms with E-state index in [1.54, 1.807) is 18.3 Å². The smallest absolute Gasteiger partial charge is 0.328 e. The van der Waals surface area contributed by atoms with Crippen molar-refractivity contribution in [2.45, 2.75) is 6.92 Å². The molecule has 17 heavy (non-hydrogen) atoms. The Kier molecular flexibility index (Phi) is 4.77. The molecule has 1 aromatic heterocycles. The van der Waals surface area contributed by atoms with Crippen molar-refractivity contribution < 1.29 is 9.90 Å². The van der Waals surface area contributed by atoms with Gasteiger partial charge in [0.15, 0.2) is 0 Å². The highest BCUT2D eigenvalue weighted by Crippen LogP contribution is 2.18. The Morgan fingerprint density at radius 2 is 2.47 bits per heavy atom. The summed E-state index contributed by atoms with van der Waals surface area (Å²) in [6.45, 7) is 3.13. The first-order valence-corrected chi connectivity index (χ1v) is 5.23. The predicted octanol–water partition coefficient (Wildman–Crippen LogP) is 1.64. The molecule has 4 nitrogen and oxygen atoms in total. The Hall–Kier alpha value is -2.28. The Labute approximate surface area is 101 Å². The fraction of sp³-hybridized carbons (Fsp3) is 0.231. The number of nitrogens with zero attached hydrogens (tertiary/aromatic N) is 2. The van der Waals surface area contributed by atoms with Crippen LogP contribution in [0.5, 0.6) is 0 Å². The van der Waals surface area contributed by atoms with Crippen LogP contribution in [0.15, 0.2) is 24.4 Å². The molecular weight excluding hydrogens is 216 g/mol. The van der Waals surface area contributed by atoms with Crippen LogP contribution in [0.1, 0.15) is 12.5 Å². The fourth-order valence-electron chi connectivity index (χ4n) is 1.41. The van der Waals surface area contributed by atoms with Gasteiger partial charge in [0.25, 0.3) is 0 Å². The van der Waals surface area contributed by atoms with Gasteiger partial charge in [0.05, 0.1) is 6.54 Å². The fourth-order valence-corrected chi connectivity index (χ4v) is 1.41. The Balaban J connectivity index is 3.06. The summed E-state index contributed by atoms with van der Waals surface area (Å²) >= 11 is 0. The van der Waals surface area contributed by atoms with E-state index < -0.39 is 5.97 Å². The first-order chi connectivity index (χ1) is 8.19. The molecular formula is C13H14N2O2. The van der Waals surface area contributed by atoms with E-state index in [1.807, 2.05) is 11.8 Å². The van der Waals surface area contributed by atoms with Gasteiger partial charge in [0, 0.05) is 24.4 Å². The van der Waals surface area contributed by atoms with Gasteiger partial charge in [0.2, 0.25) is 0 Å². The van der Waals surface area contributed by atoms with E-state index in [4.69, 9.17) is 11.5 Å². The highest BCUT2D eigenvalue weighted by atomic mass is 16.4. The number of aliphatic carboxylic acids is 1. The molecule has 0 saturated carbocycles. The zero-order chi connectivity index (χ0) is 12.7. The van der Waals surface area contributed by atoms with Gasteiger partial charge in [0.1, 0.15) is 5.82 Å². The topological polar surface area (TPSA) is 53.4 Å². The molecule has 0 unspecified atom stereocenters. The Morgan fingerprint density at radius 3 is 3.06 bits per heavy atom. The number of carbonyl (C=O) groups is 1. The zero-order valence-corrected chi connectivity index (χ0v) is 9.63. The van der Waals surface area contributed by atoms with E-state index in [0.717, 1.165) is 18.2 Å². The number of carboxylic acid groups (broad SMARTS) is 1. The normalized spacial score (nSPS) is 10.1. The van der Waals surface area contributed by atoms with Gasteiger partial charge in [-0.3, -0.25) is 0 Å². The van der Waals surface area contributed by atoms with Crippen LogP contribution < -0.4 is 4.90 Å². The molecule has 4 heteroatoms. The number of terminal acetylenes is 1. The Morgan fingerprint density at radius 1 is 1.71 bits per heavy atom. The lowest BCUT2D eigenvalue weighted by Gasteiger charge is -2.20. The SMILES string of the molecule is C#CCN(CC)c1ncccc1/C=C/C(=O)O. The summed E-state index contributed by atoms with van der Waals surface area (Å²) in [7, 11) is 0. The molecule has 0 bridgehead atoms. The van der Waals surface area contributed by atoms with Crippen LogP contribution in [0.25, 0.3) is 6.08 Å². The summed E-state index contributed by atoms with van der Waals surface area (Å²) in [5, 5.41) is 8.61. The highest BCUT2D eigenvalue weighted by molar-refractivity contribution is 5.86. The molecule has 0 aliphatic carbocycles. The monoisotopic (exact) mass is 230 g/mol. The lowest BCUT2D eigenvalue weighted by molar-refractivity contribution is -0.131. The molecule has 0 aliphatic rings. The third kappa shape index (κ3) is 3.65. The first-order valence-electron chi connectivity index (χ1n) is 5.23. The third-order valence-corrected chi connectivity index (χ3v) is 2.19. The molecule has 0 saturated heterocycles. The van der Waals surface area contributed by atoms with Crippen molar-refractivity contribution in [1.82, 2.24) is 4.98 Å². The van der Waals surface area contributed by atoms with Crippen LogP contribution in [0.3, 0.4) is 0 Å². The number of hydrogen-bond acceptors (Lipinski definition) is 3. The average Bonchev–Trinajstić information content (AvgIpc) is 2.34. The lowest BCUT2D eigenvalue weighted by Crippen LogP contribution is -2.24. The van der Waals surface area contributed by atoms with E-state index in [0.29, 0.717) is 12.4 Å². The van der Waals surface area contributed by atoms with Gasteiger partial charge in [-0.25, -0.2) is 9.78 Å². The van der Waals surface area contributed by atoms with Crippen LogP contribution in [0.4, 0.5) is 5.82 Å². The number of aromatic nitrogens is 1. The van der Waals surface area contributed by atoms with Gasteiger partial charge in [-0.2, -0.15) is 0 Å². The zero-order valence-electron chi connectivity index (χ0n) is 9.63. The highest BCUT2D eigenvalue weighted by Gasteiger charge is 2.07. The molecule has 1 rings (SSSR count). The second kappa shape index (κ2) is 6.33. The van der Waals surface area contributed by atoms with Crippen molar-refractivity contribution in [3.63, 3.8) is 0 Å². The quantitative estimate of drug-likeness (QED) is 0.617. The van der Waals surface area contributed by atoms with Crippen molar-refractivity contribution in [2.24, 2.45) is 0 Å². The van der Waals surface area contributed by atoms with Crippen molar-refractivity contribution in [1.29, 1.82) is 0 Å². The average molecular weight is 230 g/mol. The van der Waals surface area contributed by atoms with E-state index in [-0.39, 0.29) is 0 Å². The molecule has 88 valence electrons. The number of anilines is 1. The molecule has 0 atom stereocenters. The lowest BCUT2D eigenvalue weighted by atomic mass is 10.2. The largest absolute Gasteiger partial charge is 0.478 e. The summed E-state index contributed by atoms with van der Waals surface area (Å²) in [5.74, 6) is 2.27. The van der Waals surface area contributed by atoms with E-state index in [2.05, 4.69) is 10.9 Å². The van der Waals surface area contributed by atoms with E-state index >= 15 is 0 Å². The summed E-state index contributed by atoms with van der Waals surface area (Å²) in [6.07, 6.45) is 9.55. The van der Waals surface area contributed by atoms with E-state index in [9.17, 15) is 4.79 Å². The van der Waals surface area contributed by atoms with Crippen LogP contribution >= 0.6 is 0 Å². The number of pyridine rings is 1. The second-order valence-electron chi connectivity index (χ2n) is 3.31. The van der Waals surface area contributed by atoms with Crippen LogP contribution in [-0.2, 0) is 4.79 Å². The van der Waals surface area contributed by atoms with Crippen molar-refractivity contribution >= 4 is 17.9 Å². The summed E-state index contributed by atoms with van der Waals surface area (Å²) in [6, 6.07) is 3.57. The second-order valence-corrected chi connectivity index (χ2v) is 3.31. The summed E-state index contributed by atoms with van der Waals surface area (Å²) in [4.78, 5) is 16.6. The molecule has 1 heterocycles. The number of rotatable bonds is 5. The molecule has 0 amide bonds. The predicted molar refractivity (Wildman–Crippen MR) is 67.6 cm³/mol. The molecule has 0 aliphatic heterocycles. The van der Waals surface area contributed by atoms with Gasteiger partial charge in [-0.05, 0) is 25.1 Å². The maximum atomic E-state index is 10.5. The molecule has 0 spiro atoms. The van der Waals surface area contributed by atoms with E-state index in [1.165, 1.54) is 6.08 Å². The van der Waals surface area contributed by atoms with Gasteiger partial charge < -0.3 is 10.0 Å². The van der Waals surface area contributed by atoms with Crippen molar-refractivity contribution in [3.8, 4) is 12.3 Å². The summed E-state index contributed by atoms with van der Waals surface area (Å²) < 4.78 is 0. The van der Waals surface area contributed by atoms with Crippen LogP contribution in [0.2, 0.25) is 0 Å². The molecule has 0 fully saturated rings. The number of carboxylic acids is 1. The van der Waals surface area contributed by atoms with Crippen LogP contribution in [-0.4, -0.2) is 29.1 Å². The third-order valence-electron chi connectivity index (χ3n) is 2.19. The molecule has 0 radical (unpaired) electrons. The van der Waals surface area contributed by atoms with Gasteiger partial charge in [-0.1, -0.05) is 5.92 Å². The minimum atomic E-state index is -0.986. The van der Waals surface area contributed by atoms with Crippen LogP contribution in [0, 0.1) is 12.3 Å². The number of hydrogen-bond donors (Lipinski definition) is 1. The molecule has 1 aromatic rings. The maximum absolute atomic E-state index is 10.5.